The number of carbonyl (C=O) groups is 1. The summed E-state index contributed by atoms with van der Waals surface area (Å²) in [6.07, 6.45) is 5.74. The minimum atomic E-state index is -0.829. The summed E-state index contributed by atoms with van der Waals surface area (Å²) in [6, 6.07) is 8.11. The van der Waals surface area contributed by atoms with Gasteiger partial charge in [0.15, 0.2) is 6.10 Å². The molecule has 2 aliphatic heterocycles. The Kier molecular flexibility index (Phi) is 7.76. The molecule has 1 amide bonds. The molecule has 2 aliphatic rings. The number of amides is 1. The molecule has 1 aromatic rings. The van der Waals surface area contributed by atoms with Crippen LogP contribution < -0.4 is 15.0 Å². The fraction of sp³-hybridized carbons (Fsp3) is 0.591. The van der Waals surface area contributed by atoms with E-state index < -0.39 is 12.2 Å². The molecule has 0 spiro atoms. The minimum Gasteiger partial charge on any atom is -0.495 e. The Morgan fingerprint density at radius 2 is 2.07 bits per heavy atom. The highest BCUT2D eigenvalue weighted by atomic mass is 16.5. The number of rotatable bonds is 7. The molecule has 3 atom stereocenters. The van der Waals surface area contributed by atoms with Crippen molar-refractivity contribution in [2.45, 2.75) is 37.6 Å². The second-order valence-electron chi connectivity index (χ2n) is 7.53. The molecular formula is C22H31N3O4. The van der Waals surface area contributed by atoms with Crippen molar-refractivity contribution in [3.8, 4) is 18.1 Å². The van der Waals surface area contributed by atoms with E-state index in [-0.39, 0.29) is 18.6 Å². The summed E-state index contributed by atoms with van der Waals surface area (Å²) in [7, 11) is 1.70. The second kappa shape index (κ2) is 10.5. The summed E-state index contributed by atoms with van der Waals surface area (Å²) in [5.41, 5.74) is 1.14. The van der Waals surface area contributed by atoms with Crippen LogP contribution in [0.25, 0.3) is 0 Å². The van der Waals surface area contributed by atoms with Crippen LogP contribution in [-0.2, 0) is 9.53 Å². The molecule has 0 aliphatic carbocycles. The lowest BCUT2D eigenvalue weighted by molar-refractivity contribution is -0.158. The number of methoxy groups -OCH3 is 1. The van der Waals surface area contributed by atoms with Gasteiger partial charge in [-0.15, -0.1) is 6.42 Å². The van der Waals surface area contributed by atoms with Crippen LogP contribution in [0.5, 0.6) is 5.75 Å². The maximum absolute atomic E-state index is 12.1. The zero-order valence-electron chi connectivity index (χ0n) is 17.0. The smallest absolute Gasteiger partial charge is 0.252 e. The van der Waals surface area contributed by atoms with Gasteiger partial charge in [0.1, 0.15) is 5.75 Å². The Morgan fingerprint density at radius 1 is 1.31 bits per heavy atom. The van der Waals surface area contributed by atoms with E-state index in [4.69, 9.17) is 15.9 Å². The fourth-order valence-corrected chi connectivity index (χ4v) is 3.99. The lowest BCUT2D eigenvalue weighted by Crippen LogP contribution is -2.50. The predicted octanol–water partition coefficient (Wildman–Crippen LogP) is 0.865. The van der Waals surface area contributed by atoms with Crippen LogP contribution in [-0.4, -0.2) is 80.6 Å². The molecule has 7 nitrogen and oxygen atoms in total. The number of hydrogen-bond acceptors (Lipinski definition) is 6. The Hall–Kier alpha value is -2.27. The first kappa shape index (κ1) is 21.4. The van der Waals surface area contributed by atoms with Gasteiger partial charge in [-0.3, -0.25) is 9.69 Å². The van der Waals surface area contributed by atoms with Crippen LogP contribution in [0, 0.1) is 12.3 Å². The van der Waals surface area contributed by atoms with E-state index in [1.165, 1.54) is 0 Å². The van der Waals surface area contributed by atoms with Gasteiger partial charge < -0.3 is 24.8 Å². The quantitative estimate of drug-likeness (QED) is 0.661. The van der Waals surface area contributed by atoms with Gasteiger partial charge in [-0.05, 0) is 31.4 Å². The van der Waals surface area contributed by atoms with Gasteiger partial charge in [-0.1, -0.05) is 18.1 Å². The minimum absolute atomic E-state index is 0.0211. The van der Waals surface area contributed by atoms with E-state index in [1.54, 1.807) is 7.11 Å². The molecule has 0 saturated carbocycles. The molecule has 1 aromatic carbocycles. The molecule has 0 unspecified atom stereocenters. The average molecular weight is 402 g/mol. The highest BCUT2D eigenvalue weighted by Crippen LogP contribution is 2.28. The van der Waals surface area contributed by atoms with Gasteiger partial charge >= 0.3 is 0 Å². The molecule has 7 heteroatoms. The van der Waals surface area contributed by atoms with Gasteiger partial charge in [0, 0.05) is 32.7 Å². The molecule has 0 radical (unpaired) electrons. The zero-order valence-corrected chi connectivity index (χ0v) is 17.0. The van der Waals surface area contributed by atoms with Crippen molar-refractivity contribution in [2.24, 2.45) is 0 Å². The summed E-state index contributed by atoms with van der Waals surface area (Å²) >= 11 is 0. The first-order chi connectivity index (χ1) is 14.1. The fourth-order valence-electron chi connectivity index (χ4n) is 3.99. The number of aliphatic hydroxyl groups is 1. The largest absolute Gasteiger partial charge is 0.495 e. The number of carbonyl (C=O) groups excluding carboxylic acids is 1. The van der Waals surface area contributed by atoms with Gasteiger partial charge in [-0.2, -0.15) is 0 Å². The topological polar surface area (TPSA) is 74.3 Å². The number of terminal acetylenes is 1. The summed E-state index contributed by atoms with van der Waals surface area (Å²) in [5.74, 6) is 2.95. The monoisotopic (exact) mass is 401 g/mol. The standard InChI is InChI=1S/C22H31N3O4/c1-3-11-23-22(27)21-19(26)9-8-17(29-21)10-12-24-13-15-25(16-14-24)18-6-4-5-7-20(18)28-2/h1,4-7,17,19,21,26H,8-16H2,2H3,(H,23,27)/t17-,19+,21+/m1/s1. The Bertz CT molecular complexity index is 712. The van der Waals surface area contributed by atoms with Crippen molar-refractivity contribution in [3.63, 3.8) is 0 Å². The molecule has 29 heavy (non-hydrogen) atoms. The van der Waals surface area contributed by atoms with Crippen molar-refractivity contribution in [1.82, 2.24) is 10.2 Å². The number of benzene rings is 1. The number of anilines is 1. The highest BCUT2D eigenvalue weighted by molar-refractivity contribution is 5.81. The molecule has 0 bridgehead atoms. The van der Waals surface area contributed by atoms with E-state index in [9.17, 15) is 9.90 Å². The Labute approximate surface area is 173 Å². The van der Waals surface area contributed by atoms with Gasteiger partial charge in [-0.25, -0.2) is 0 Å². The third kappa shape index (κ3) is 5.63. The van der Waals surface area contributed by atoms with Crippen LogP contribution in [0.2, 0.25) is 0 Å². The maximum atomic E-state index is 12.1. The molecule has 2 N–H and O–H groups in total. The van der Waals surface area contributed by atoms with E-state index >= 15 is 0 Å². The van der Waals surface area contributed by atoms with Crippen molar-refractivity contribution in [1.29, 1.82) is 0 Å². The van der Waals surface area contributed by atoms with E-state index in [0.29, 0.717) is 6.42 Å². The lowest BCUT2D eigenvalue weighted by Gasteiger charge is -2.38. The summed E-state index contributed by atoms with van der Waals surface area (Å²) in [4.78, 5) is 16.9. The number of nitrogens with zero attached hydrogens (tertiary/aromatic N) is 2. The van der Waals surface area contributed by atoms with Crippen molar-refractivity contribution in [2.75, 3.05) is 51.3 Å². The molecule has 3 rings (SSSR count). The van der Waals surface area contributed by atoms with E-state index in [1.807, 2.05) is 18.2 Å². The molecule has 2 saturated heterocycles. The van der Waals surface area contributed by atoms with Crippen LogP contribution in [0.15, 0.2) is 24.3 Å². The number of aliphatic hydroxyl groups excluding tert-OH is 1. The third-order valence-electron chi connectivity index (χ3n) is 5.66. The molecule has 0 aromatic heterocycles. The second-order valence-corrected chi connectivity index (χ2v) is 7.53. The molecule has 2 fully saturated rings. The van der Waals surface area contributed by atoms with Crippen LogP contribution >= 0.6 is 0 Å². The summed E-state index contributed by atoms with van der Waals surface area (Å²) in [5, 5.41) is 12.7. The maximum Gasteiger partial charge on any atom is 0.252 e. The third-order valence-corrected chi connectivity index (χ3v) is 5.66. The molecule has 2 heterocycles. The number of nitrogens with one attached hydrogen (secondary N) is 1. The first-order valence-electron chi connectivity index (χ1n) is 10.3. The van der Waals surface area contributed by atoms with Crippen LogP contribution in [0.3, 0.4) is 0 Å². The van der Waals surface area contributed by atoms with Crippen LogP contribution in [0.4, 0.5) is 5.69 Å². The van der Waals surface area contributed by atoms with E-state index in [2.05, 4.69) is 27.1 Å². The summed E-state index contributed by atoms with van der Waals surface area (Å²) < 4.78 is 11.4. The Balaban J connectivity index is 1.44. The average Bonchev–Trinajstić information content (AvgIpc) is 2.77. The predicted molar refractivity (Wildman–Crippen MR) is 112 cm³/mol. The summed E-state index contributed by atoms with van der Waals surface area (Å²) in [6.45, 7) is 4.90. The van der Waals surface area contributed by atoms with Gasteiger partial charge in [0.05, 0.1) is 31.5 Å². The number of piperazine rings is 1. The SMILES string of the molecule is C#CCNC(=O)[C@H]1O[C@@H](CCN2CCN(c3ccccc3OC)CC2)CC[C@@H]1O. The van der Waals surface area contributed by atoms with Gasteiger partial charge in [0.2, 0.25) is 0 Å². The van der Waals surface area contributed by atoms with Crippen molar-refractivity contribution >= 4 is 11.6 Å². The zero-order chi connectivity index (χ0) is 20.6. The number of para-hydroxylation sites is 2. The first-order valence-corrected chi connectivity index (χ1v) is 10.3. The lowest BCUT2D eigenvalue weighted by atomic mass is 9.98. The van der Waals surface area contributed by atoms with Crippen molar-refractivity contribution < 1.29 is 19.4 Å². The number of hydrogen-bond donors (Lipinski definition) is 2. The van der Waals surface area contributed by atoms with E-state index in [0.717, 1.165) is 57.0 Å². The Morgan fingerprint density at radius 3 is 2.79 bits per heavy atom. The number of ether oxygens (including phenoxy) is 2. The van der Waals surface area contributed by atoms with Gasteiger partial charge in [0.25, 0.3) is 5.91 Å². The molecule has 158 valence electrons. The van der Waals surface area contributed by atoms with Crippen molar-refractivity contribution in [3.05, 3.63) is 24.3 Å². The highest BCUT2D eigenvalue weighted by Gasteiger charge is 2.35. The van der Waals surface area contributed by atoms with Crippen LogP contribution in [0.1, 0.15) is 19.3 Å². The normalized spacial score (nSPS) is 25.3. The molecular weight excluding hydrogens is 370 g/mol.